The number of carbonyl (C=O) groups excluding carboxylic acids is 2. The van der Waals surface area contributed by atoms with Crippen molar-refractivity contribution in [3.8, 4) is 5.75 Å². The van der Waals surface area contributed by atoms with E-state index in [-0.39, 0.29) is 0 Å². The number of carbonyl (C=O) groups is 2. The molecule has 0 aliphatic rings. The van der Waals surface area contributed by atoms with Crippen LogP contribution in [0.2, 0.25) is 0 Å². The molecule has 0 unspecified atom stereocenters. The molecule has 0 spiro atoms. The molecule has 0 heterocycles. The van der Waals surface area contributed by atoms with Crippen LogP contribution < -0.4 is 4.18 Å². The SMILES string of the molecule is O=CCCCCCCOC(=O)SOc1ccccc1. The average molecular weight is 282 g/mol. The van der Waals surface area contributed by atoms with Crippen LogP contribution in [0.1, 0.15) is 32.1 Å². The summed E-state index contributed by atoms with van der Waals surface area (Å²) in [6.45, 7) is 0.394. The molecule has 104 valence electrons. The van der Waals surface area contributed by atoms with Crippen molar-refractivity contribution >= 4 is 23.6 Å². The van der Waals surface area contributed by atoms with Crippen LogP contribution in [-0.4, -0.2) is 18.2 Å². The van der Waals surface area contributed by atoms with E-state index in [9.17, 15) is 9.59 Å². The van der Waals surface area contributed by atoms with Gasteiger partial charge in [0.15, 0.2) is 12.0 Å². The van der Waals surface area contributed by atoms with Crippen molar-refractivity contribution in [2.75, 3.05) is 6.61 Å². The normalized spacial score (nSPS) is 9.89. The number of ether oxygens (including phenoxy) is 1. The summed E-state index contributed by atoms with van der Waals surface area (Å²) in [6, 6.07) is 9.09. The van der Waals surface area contributed by atoms with Crippen LogP contribution in [0, 0.1) is 0 Å². The minimum atomic E-state index is -0.434. The third-order valence-corrected chi connectivity index (χ3v) is 2.92. The van der Waals surface area contributed by atoms with E-state index in [0.717, 1.165) is 32.0 Å². The predicted octanol–water partition coefficient (Wildman–Crippen LogP) is 4.00. The number of benzene rings is 1. The fourth-order valence-corrected chi connectivity index (χ4v) is 1.83. The van der Waals surface area contributed by atoms with E-state index in [4.69, 9.17) is 8.92 Å². The fourth-order valence-electron chi connectivity index (χ4n) is 1.42. The minimum absolute atomic E-state index is 0.394. The number of hydrogen-bond acceptors (Lipinski definition) is 5. The summed E-state index contributed by atoms with van der Waals surface area (Å²) < 4.78 is 10.2. The number of hydrogen-bond donors (Lipinski definition) is 0. The van der Waals surface area contributed by atoms with Crippen molar-refractivity contribution in [3.05, 3.63) is 30.3 Å². The highest BCUT2D eigenvalue weighted by molar-refractivity contribution is 8.09. The molecule has 19 heavy (non-hydrogen) atoms. The second-order valence-corrected chi connectivity index (χ2v) is 4.61. The lowest BCUT2D eigenvalue weighted by Gasteiger charge is -2.04. The first-order valence-corrected chi connectivity index (χ1v) is 7.07. The van der Waals surface area contributed by atoms with Crippen molar-refractivity contribution in [2.45, 2.75) is 32.1 Å². The molecule has 0 N–H and O–H groups in total. The van der Waals surface area contributed by atoms with Gasteiger partial charge in [0, 0.05) is 6.42 Å². The lowest BCUT2D eigenvalue weighted by Crippen LogP contribution is -2.01. The standard InChI is InChI=1S/C14H18O4S/c15-11-7-2-1-3-8-12-17-14(16)19-18-13-9-5-4-6-10-13/h4-6,9-11H,1-3,7-8,12H2. The van der Waals surface area contributed by atoms with E-state index >= 15 is 0 Å². The van der Waals surface area contributed by atoms with Crippen molar-refractivity contribution in [1.29, 1.82) is 0 Å². The van der Waals surface area contributed by atoms with E-state index in [2.05, 4.69) is 0 Å². The van der Waals surface area contributed by atoms with Gasteiger partial charge in [-0.3, -0.25) is 0 Å². The zero-order chi connectivity index (χ0) is 13.8. The molecule has 1 aromatic carbocycles. The highest BCUT2D eigenvalue weighted by Crippen LogP contribution is 2.17. The van der Waals surface area contributed by atoms with Gasteiger partial charge in [0.1, 0.15) is 12.0 Å². The van der Waals surface area contributed by atoms with E-state index in [0.29, 0.717) is 30.8 Å². The van der Waals surface area contributed by atoms with Crippen LogP contribution in [-0.2, 0) is 9.53 Å². The molecule has 0 saturated heterocycles. The maximum Gasteiger partial charge on any atom is 0.407 e. The first-order chi connectivity index (χ1) is 9.33. The predicted molar refractivity (Wildman–Crippen MR) is 75.2 cm³/mol. The van der Waals surface area contributed by atoms with Crippen LogP contribution in [0.25, 0.3) is 0 Å². The number of aldehydes is 1. The van der Waals surface area contributed by atoms with E-state index < -0.39 is 5.30 Å². The van der Waals surface area contributed by atoms with Crippen LogP contribution in [0.15, 0.2) is 30.3 Å². The Bertz CT molecular complexity index is 367. The van der Waals surface area contributed by atoms with Gasteiger partial charge in [-0.1, -0.05) is 31.0 Å². The minimum Gasteiger partial charge on any atom is -0.455 e. The Morgan fingerprint density at radius 2 is 1.84 bits per heavy atom. The molecular formula is C14H18O4S. The van der Waals surface area contributed by atoms with Gasteiger partial charge in [0.25, 0.3) is 0 Å². The highest BCUT2D eigenvalue weighted by Gasteiger charge is 2.05. The second kappa shape index (κ2) is 10.4. The zero-order valence-corrected chi connectivity index (χ0v) is 11.6. The van der Waals surface area contributed by atoms with Gasteiger partial charge < -0.3 is 13.7 Å². The average Bonchev–Trinajstić information content (AvgIpc) is 2.45. The second-order valence-electron chi connectivity index (χ2n) is 3.95. The lowest BCUT2D eigenvalue weighted by atomic mass is 10.2. The van der Waals surface area contributed by atoms with Gasteiger partial charge in [0.05, 0.1) is 6.61 Å². The topological polar surface area (TPSA) is 52.6 Å². The molecule has 0 bridgehead atoms. The maximum atomic E-state index is 11.3. The van der Waals surface area contributed by atoms with Gasteiger partial charge in [0.2, 0.25) is 0 Å². The molecule has 5 heteroatoms. The Kier molecular flexibility index (Phi) is 8.55. The molecule has 1 rings (SSSR count). The highest BCUT2D eigenvalue weighted by atomic mass is 32.2. The fraction of sp³-hybridized carbons (Fsp3) is 0.429. The molecule has 4 nitrogen and oxygen atoms in total. The van der Waals surface area contributed by atoms with E-state index in [1.54, 1.807) is 12.1 Å². The van der Waals surface area contributed by atoms with Gasteiger partial charge >= 0.3 is 5.30 Å². The van der Waals surface area contributed by atoms with Crippen molar-refractivity contribution in [2.24, 2.45) is 0 Å². The lowest BCUT2D eigenvalue weighted by molar-refractivity contribution is -0.107. The monoisotopic (exact) mass is 282 g/mol. The number of rotatable bonds is 9. The molecule has 0 fully saturated rings. The Labute approximate surface area is 117 Å². The molecule has 0 saturated carbocycles. The van der Waals surface area contributed by atoms with Gasteiger partial charge in [-0.05, 0) is 25.0 Å². The Hall–Kier alpha value is -1.49. The number of unbranched alkanes of at least 4 members (excludes halogenated alkanes) is 4. The van der Waals surface area contributed by atoms with Gasteiger partial charge in [-0.15, -0.1) is 0 Å². The van der Waals surface area contributed by atoms with Gasteiger partial charge in [-0.25, -0.2) is 4.79 Å². The molecule has 0 aromatic heterocycles. The smallest absolute Gasteiger partial charge is 0.407 e. The molecule has 1 aromatic rings. The van der Waals surface area contributed by atoms with E-state index in [1.807, 2.05) is 18.2 Å². The van der Waals surface area contributed by atoms with Crippen molar-refractivity contribution < 1.29 is 18.5 Å². The Morgan fingerprint density at radius 1 is 1.11 bits per heavy atom. The van der Waals surface area contributed by atoms with Crippen LogP contribution in [0.5, 0.6) is 5.75 Å². The summed E-state index contributed by atoms with van der Waals surface area (Å²) in [5.41, 5.74) is 0. The molecule has 0 amide bonds. The Morgan fingerprint density at radius 3 is 2.58 bits per heavy atom. The van der Waals surface area contributed by atoms with Crippen molar-refractivity contribution in [1.82, 2.24) is 0 Å². The van der Waals surface area contributed by atoms with Gasteiger partial charge in [-0.2, -0.15) is 0 Å². The number of para-hydroxylation sites is 1. The summed E-state index contributed by atoms with van der Waals surface area (Å²) >= 11 is 0.694. The van der Waals surface area contributed by atoms with Crippen molar-refractivity contribution in [3.63, 3.8) is 0 Å². The van der Waals surface area contributed by atoms with Crippen LogP contribution >= 0.6 is 12.0 Å². The summed E-state index contributed by atoms with van der Waals surface area (Å²) in [6.07, 6.45) is 5.22. The van der Waals surface area contributed by atoms with E-state index in [1.165, 1.54) is 0 Å². The molecule has 0 aliphatic heterocycles. The van der Waals surface area contributed by atoms with Crippen LogP contribution in [0.4, 0.5) is 4.79 Å². The van der Waals surface area contributed by atoms with Crippen LogP contribution in [0.3, 0.4) is 0 Å². The molecule has 0 atom stereocenters. The molecule has 0 radical (unpaired) electrons. The third-order valence-electron chi connectivity index (χ3n) is 2.39. The molecular weight excluding hydrogens is 264 g/mol. The maximum absolute atomic E-state index is 11.3. The Balaban J connectivity index is 1.98. The first kappa shape index (κ1) is 15.6. The molecule has 0 aliphatic carbocycles. The first-order valence-electron chi connectivity index (χ1n) is 6.33. The summed E-state index contributed by atoms with van der Waals surface area (Å²) in [5.74, 6) is 0.623. The largest absolute Gasteiger partial charge is 0.455 e. The quantitative estimate of drug-likeness (QED) is 0.296. The summed E-state index contributed by atoms with van der Waals surface area (Å²) in [4.78, 5) is 21.4. The summed E-state index contributed by atoms with van der Waals surface area (Å²) in [5, 5.41) is -0.434. The zero-order valence-electron chi connectivity index (χ0n) is 10.7. The third kappa shape index (κ3) is 8.26. The summed E-state index contributed by atoms with van der Waals surface area (Å²) in [7, 11) is 0.